The predicted molar refractivity (Wildman–Crippen MR) is 104 cm³/mol. The van der Waals surface area contributed by atoms with Crippen molar-refractivity contribution in [1.29, 1.82) is 0 Å². The predicted octanol–water partition coefficient (Wildman–Crippen LogP) is 6.07. The molecule has 1 fully saturated rings. The first-order chi connectivity index (χ1) is 12.4. The normalized spacial score (nSPS) is 17.7. The van der Waals surface area contributed by atoms with E-state index >= 15 is 0 Å². The molecule has 0 N–H and O–H groups in total. The summed E-state index contributed by atoms with van der Waals surface area (Å²) < 4.78 is 11.3. The SMILES string of the molecule is c1cncc(CCCCCCCCCCCCOC2CCCCO2)c1. The molecular formula is C22H37NO2. The fourth-order valence-corrected chi connectivity index (χ4v) is 3.45. The number of hydrogen-bond donors (Lipinski definition) is 0. The second-order valence-corrected chi connectivity index (χ2v) is 7.31. The lowest BCUT2D eigenvalue weighted by molar-refractivity contribution is -0.162. The van der Waals surface area contributed by atoms with Gasteiger partial charge in [-0.2, -0.15) is 0 Å². The molecule has 0 radical (unpaired) electrons. The van der Waals surface area contributed by atoms with Crippen LogP contribution in [0.2, 0.25) is 0 Å². The van der Waals surface area contributed by atoms with Crippen molar-refractivity contribution in [2.75, 3.05) is 13.2 Å². The zero-order valence-electron chi connectivity index (χ0n) is 16.0. The minimum atomic E-state index is 0.0897. The van der Waals surface area contributed by atoms with E-state index < -0.39 is 0 Å². The van der Waals surface area contributed by atoms with Crippen molar-refractivity contribution in [3.05, 3.63) is 30.1 Å². The van der Waals surface area contributed by atoms with Gasteiger partial charge >= 0.3 is 0 Å². The minimum Gasteiger partial charge on any atom is -0.353 e. The van der Waals surface area contributed by atoms with Gasteiger partial charge in [0.15, 0.2) is 6.29 Å². The summed E-state index contributed by atoms with van der Waals surface area (Å²) in [5.74, 6) is 0. The van der Waals surface area contributed by atoms with Crippen LogP contribution in [0, 0.1) is 0 Å². The first-order valence-corrected chi connectivity index (χ1v) is 10.6. The van der Waals surface area contributed by atoms with Crippen LogP contribution in [0.25, 0.3) is 0 Å². The summed E-state index contributed by atoms with van der Waals surface area (Å²) in [6.45, 7) is 1.76. The van der Waals surface area contributed by atoms with E-state index in [0.29, 0.717) is 0 Å². The third kappa shape index (κ3) is 10.6. The third-order valence-corrected chi connectivity index (χ3v) is 5.02. The van der Waals surface area contributed by atoms with E-state index in [1.807, 2.05) is 18.5 Å². The molecule has 1 aliphatic heterocycles. The highest BCUT2D eigenvalue weighted by Gasteiger charge is 2.13. The van der Waals surface area contributed by atoms with Crippen LogP contribution in [0.5, 0.6) is 0 Å². The van der Waals surface area contributed by atoms with Crippen molar-refractivity contribution in [1.82, 2.24) is 4.98 Å². The van der Waals surface area contributed by atoms with Crippen molar-refractivity contribution in [2.24, 2.45) is 0 Å². The summed E-state index contributed by atoms with van der Waals surface area (Å²) in [5.41, 5.74) is 1.38. The summed E-state index contributed by atoms with van der Waals surface area (Å²) >= 11 is 0. The second kappa shape index (κ2) is 14.3. The first kappa shape index (κ1) is 20.4. The Bertz CT molecular complexity index is 404. The van der Waals surface area contributed by atoms with Gasteiger partial charge in [-0.1, -0.05) is 57.4 Å². The summed E-state index contributed by atoms with van der Waals surface area (Å²) in [6, 6.07) is 4.21. The van der Waals surface area contributed by atoms with E-state index in [4.69, 9.17) is 9.47 Å². The lowest BCUT2D eigenvalue weighted by Crippen LogP contribution is -2.22. The van der Waals surface area contributed by atoms with Crippen molar-refractivity contribution < 1.29 is 9.47 Å². The number of aryl methyl sites for hydroxylation is 1. The van der Waals surface area contributed by atoms with Gasteiger partial charge < -0.3 is 9.47 Å². The maximum Gasteiger partial charge on any atom is 0.157 e. The third-order valence-electron chi connectivity index (χ3n) is 5.02. The fourth-order valence-electron chi connectivity index (χ4n) is 3.45. The van der Waals surface area contributed by atoms with Crippen molar-refractivity contribution in [3.8, 4) is 0 Å². The van der Waals surface area contributed by atoms with Crippen LogP contribution in [-0.2, 0) is 15.9 Å². The zero-order valence-corrected chi connectivity index (χ0v) is 16.0. The molecule has 25 heavy (non-hydrogen) atoms. The molecule has 0 saturated carbocycles. The van der Waals surface area contributed by atoms with E-state index in [0.717, 1.165) is 19.6 Å². The van der Waals surface area contributed by atoms with Gasteiger partial charge in [0.05, 0.1) is 0 Å². The Hall–Kier alpha value is -0.930. The zero-order chi connectivity index (χ0) is 17.4. The molecule has 1 atom stereocenters. The highest BCUT2D eigenvalue weighted by molar-refractivity contribution is 5.08. The monoisotopic (exact) mass is 347 g/mol. The van der Waals surface area contributed by atoms with Gasteiger partial charge in [-0.15, -0.1) is 0 Å². The Kier molecular flexibility index (Phi) is 11.6. The van der Waals surface area contributed by atoms with Gasteiger partial charge in [0.1, 0.15) is 0 Å². The van der Waals surface area contributed by atoms with Crippen molar-refractivity contribution in [2.45, 2.75) is 96.2 Å². The molecule has 2 heterocycles. The molecule has 1 aromatic rings. The Balaban J connectivity index is 1.27. The lowest BCUT2D eigenvalue weighted by atomic mass is 10.0. The van der Waals surface area contributed by atoms with Gasteiger partial charge in [0.2, 0.25) is 0 Å². The molecule has 1 unspecified atom stereocenters. The van der Waals surface area contributed by atoms with E-state index in [-0.39, 0.29) is 6.29 Å². The summed E-state index contributed by atoms with van der Waals surface area (Å²) in [6.07, 6.45) is 22.1. The fraction of sp³-hybridized carbons (Fsp3) is 0.773. The maximum atomic E-state index is 5.77. The number of ether oxygens (including phenoxy) is 2. The van der Waals surface area contributed by atoms with E-state index in [1.165, 1.54) is 89.0 Å². The minimum absolute atomic E-state index is 0.0897. The van der Waals surface area contributed by atoms with Crippen LogP contribution < -0.4 is 0 Å². The molecule has 0 aliphatic carbocycles. The smallest absolute Gasteiger partial charge is 0.157 e. The van der Waals surface area contributed by atoms with E-state index in [2.05, 4.69) is 11.1 Å². The molecule has 0 amide bonds. The van der Waals surface area contributed by atoms with Gasteiger partial charge in [-0.3, -0.25) is 4.98 Å². The van der Waals surface area contributed by atoms with E-state index in [1.54, 1.807) is 0 Å². The first-order valence-electron chi connectivity index (χ1n) is 10.6. The van der Waals surface area contributed by atoms with Crippen molar-refractivity contribution >= 4 is 0 Å². The molecular weight excluding hydrogens is 310 g/mol. The molecule has 1 saturated heterocycles. The maximum absolute atomic E-state index is 5.77. The van der Waals surface area contributed by atoms with Crippen LogP contribution >= 0.6 is 0 Å². The largest absolute Gasteiger partial charge is 0.353 e. The molecule has 142 valence electrons. The number of pyridine rings is 1. The van der Waals surface area contributed by atoms with Crippen LogP contribution in [-0.4, -0.2) is 24.5 Å². The van der Waals surface area contributed by atoms with Gasteiger partial charge in [-0.25, -0.2) is 0 Å². The average molecular weight is 348 g/mol. The van der Waals surface area contributed by atoms with Gasteiger partial charge in [-0.05, 0) is 50.2 Å². The standard InChI is InChI=1S/C22H37NO2/c1(3-5-7-9-14-21-15-13-17-23-20-21)2-4-6-8-11-18-24-22-16-10-12-19-25-22/h13,15,17,20,22H,1-12,14,16,18-19H2. The lowest BCUT2D eigenvalue weighted by Gasteiger charge is -2.22. The molecule has 1 aromatic heterocycles. The summed E-state index contributed by atoms with van der Waals surface area (Å²) in [7, 11) is 0. The van der Waals surface area contributed by atoms with Gasteiger partial charge in [0.25, 0.3) is 0 Å². The van der Waals surface area contributed by atoms with Crippen LogP contribution in [0.4, 0.5) is 0 Å². The Morgan fingerprint density at radius 2 is 1.64 bits per heavy atom. The number of aromatic nitrogens is 1. The second-order valence-electron chi connectivity index (χ2n) is 7.31. The van der Waals surface area contributed by atoms with Crippen molar-refractivity contribution in [3.63, 3.8) is 0 Å². The number of hydrogen-bond acceptors (Lipinski definition) is 3. The summed E-state index contributed by atoms with van der Waals surface area (Å²) in [5, 5.41) is 0. The molecule has 3 nitrogen and oxygen atoms in total. The molecule has 2 rings (SSSR count). The Morgan fingerprint density at radius 3 is 2.28 bits per heavy atom. The highest BCUT2D eigenvalue weighted by Crippen LogP contribution is 2.15. The molecule has 0 aromatic carbocycles. The number of rotatable bonds is 14. The van der Waals surface area contributed by atoms with Crippen LogP contribution in [0.3, 0.4) is 0 Å². The average Bonchev–Trinajstić information content (AvgIpc) is 2.67. The van der Waals surface area contributed by atoms with Gasteiger partial charge in [0, 0.05) is 25.6 Å². The molecule has 0 spiro atoms. The Labute approximate surface area is 154 Å². The summed E-state index contributed by atoms with van der Waals surface area (Å²) in [4.78, 5) is 4.17. The van der Waals surface area contributed by atoms with Crippen LogP contribution in [0.1, 0.15) is 89.0 Å². The number of nitrogens with zero attached hydrogens (tertiary/aromatic N) is 1. The van der Waals surface area contributed by atoms with Crippen LogP contribution in [0.15, 0.2) is 24.5 Å². The topological polar surface area (TPSA) is 31.4 Å². The number of unbranched alkanes of at least 4 members (excludes halogenated alkanes) is 9. The Morgan fingerprint density at radius 1 is 0.920 bits per heavy atom. The highest BCUT2D eigenvalue weighted by atomic mass is 16.7. The van der Waals surface area contributed by atoms with E-state index in [9.17, 15) is 0 Å². The molecule has 1 aliphatic rings. The molecule has 0 bridgehead atoms. The molecule has 3 heteroatoms. The quantitative estimate of drug-likeness (QED) is 0.383.